The van der Waals surface area contributed by atoms with Crippen molar-refractivity contribution in [1.29, 1.82) is 0 Å². The summed E-state index contributed by atoms with van der Waals surface area (Å²) in [4.78, 5) is 44.5. The third-order valence-corrected chi connectivity index (χ3v) is 3.82. The van der Waals surface area contributed by atoms with Crippen molar-refractivity contribution >= 4 is 24.4 Å². The molecule has 1 aromatic carbocycles. The minimum atomic E-state index is -0.562. The number of nitrogens with two attached hydrogens (primary N) is 1. The fourth-order valence-electron chi connectivity index (χ4n) is 2.44. The fraction of sp³-hybridized carbons (Fsp3) is 0.294. The average molecular weight is 329 g/mol. The van der Waals surface area contributed by atoms with Gasteiger partial charge in [-0.25, -0.2) is 4.79 Å². The number of nitrogens with zero attached hydrogens (tertiary/aromatic N) is 2. The standard InChI is InChI=1S/C17H19N3O4/c1-19-9-12(8-18)14-7-15(14)17(23)24-20(2)16(22)13-6-4-3-5-11(13)10-21/h3-6,8-10,14-15H,7,18H2,1-2H3/b12-8+,19-9?. The van der Waals surface area contributed by atoms with Crippen molar-refractivity contribution in [3.8, 4) is 0 Å². The Morgan fingerprint density at radius 3 is 2.67 bits per heavy atom. The second-order valence-corrected chi connectivity index (χ2v) is 5.42. The molecule has 2 unspecified atom stereocenters. The van der Waals surface area contributed by atoms with Gasteiger partial charge in [-0.3, -0.25) is 14.6 Å². The molecule has 1 aliphatic carbocycles. The molecule has 0 spiro atoms. The van der Waals surface area contributed by atoms with Crippen LogP contribution in [0, 0.1) is 11.8 Å². The molecule has 2 atom stereocenters. The summed E-state index contributed by atoms with van der Waals surface area (Å²) in [5.74, 6) is -1.47. The highest BCUT2D eigenvalue weighted by Gasteiger charge is 2.47. The van der Waals surface area contributed by atoms with Crippen molar-refractivity contribution in [1.82, 2.24) is 5.06 Å². The zero-order chi connectivity index (χ0) is 17.7. The summed E-state index contributed by atoms with van der Waals surface area (Å²) >= 11 is 0. The molecule has 0 bridgehead atoms. The number of rotatable bonds is 5. The molecule has 0 saturated heterocycles. The number of hydrogen-bond acceptors (Lipinski definition) is 6. The molecule has 7 heteroatoms. The van der Waals surface area contributed by atoms with Crippen LogP contribution in [0.4, 0.5) is 0 Å². The molecule has 2 rings (SSSR count). The molecule has 1 saturated carbocycles. The number of hydrogen-bond donors (Lipinski definition) is 1. The Labute approximate surface area is 139 Å². The van der Waals surface area contributed by atoms with E-state index in [-0.39, 0.29) is 23.0 Å². The lowest BCUT2D eigenvalue weighted by Gasteiger charge is -2.17. The summed E-state index contributed by atoms with van der Waals surface area (Å²) < 4.78 is 0. The Morgan fingerprint density at radius 2 is 2.04 bits per heavy atom. The molecule has 0 heterocycles. The zero-order valence-electron chi connectivity index (χ0n) is 13.5. The van der Waals surface area contributed by atoms with Gasteiger partial charge in [0.25, 0.3) is 5.91 Å². The van der Waals surface area contributed by atoms with Gasteiger partial charge in [-0.1, -0.05) is 18.2 Å². The minimum Gasteiger partial charge on any atom is -0.404 e. The third-order valence-electron chi connectivity index (χ3n) is 3.82. The Bertz CT molecular complexity index is 712. The topological polar surface area (TPSA) is 102 Å². The number of aliphatic imine (C=N–C) groups is 1. The van der Waals surface area contributed by atoms with Gasteiger partial charge in [0, 0.05) is 31.8 Å². The van der Waals surface area contributed by atoms with E-state index in [1.54, 1.807) is 25.4 Å². The molecule has 7 nitrogen and oxygen atoms in total. The van der Waals surface area contributed by atoms with E-state index in [0.29, 0.717) is 12.7 Å². The lowest BCUT2D eigenvalue weighted by Crippen LogP contribution is -2.31. The van der Waals surface area contributed by atoms with Gasteiger partial charge in [0.15, 0.2) is 6.29 Å². The molecule has 1 fully saturated rings. The van der Waals surface area contributed by atoms with Gasteiger partial charge >= 0.3 is 5.97 Å². The molecular formula is C17H19N3O4. The quantitative estimate of drug-likeness (QED) is 0.497. The van der Waals surface area contributed by atoms with Crippen LogP contribution >= 0.6 is 0 Å². The highest BCUT2D eigenvalue weighted by atomic mass is 16.7. The number of carbonyl (C=O) groups excluding carboxylic acids is 3. The van der Waals surface area contributed by atoms with Gasteiger partial charge in [0.1, 0.15) is 0 Å². The third kappa shape index (κ3) is 3.68. The van der Waals surface area contributed by atoms with Crippen LogP contribution < -0.4 is 5.73 Å². The van der Waals surface area contributed by atoms with Gasteiger partial charge in [0.05, 0.1) is 11.5 Å². The molecular weight excluding hydrogens is 310 g/mol. The van der Waals surface area contributed by atoms with E-state index in [1.165, 1.54) is 25.4 Å². The predicted octanol–water partition coefficient (Wildman–Crippen LogP) is 1.21. The second kappa shape index (κ2) is 7.54. The van der Waals surface area contributed by atoms with E-state index in [1.807, 2.05) is 0 Å². The largest absolute Gasteiger partial charge is 0.404 e. The Balaban J connectivity index is 2.00. The Hall–Kier alpha value is -2.96. The summed E-state index contributed by atoms with van der Waals surface area (Å²) in [6.07, 6.45) is 4.20. The first-order valence-corrected chi connectivity index (χ1v) is 7.41. The first-order chi connectivity index (χ1) is 11.5. The monoisotopic (exact) mass is 329 g/mol. The number of allylic oxidation sites excluding steroid dienone is 1. The van der Waals surface area contributed by atoms with Gasteiger partial charge in [0.2, 0.25) is 0 Å². The van der Waals surface area contributed by atoms with E-state index < -0.39 is 11.9 Å². The summed E-state index contributed by atoms with van der Waals surface area (Å²) in [7, 11) is 2.96. The van der Waals surface area contributed by atoms with Crippen LogP contribution in [0.3, 0.4) is 0 Å². The van der Waals surface area contributed by atoms with Gasteiger partial charge < -0.3 is 10.6 Å². The number of benzene rings is 1. The van der Waals surface area contributed by atoms with E-state index >= 15 is 0 Å². The van der Waals surface area contributed by atoms with Crippen molar-refractivity contribution in [2.75, 3.05) is 14.1 Å². The van der Waals surface area contributed by atoms with E-state index in [4.69, 9.17) is 10.6 Å². The second-order valence-electron chi connectivity index (χ2n) is 5.42. The van der Waals surface area contributed by atoms with Crippen molar-refractivity contribution in [2.45, 2.75) is 6.42 Å². The molecule has 1 aliphatic rings. The van der Waals surface area contributed by atoms with Crippen LogP contribution in [0.1, 0.15) is 27.1 Å². The molecule has 126 valence electrons. The number of hydroxylamine groups is 2. The van der Waals surface area contributed by atoms with Crippen LogP contribution in [0.25, 0.3) is 0 Å². The van der Waals surface area contributed by atoms with E-state index in [2.05, 4.69) is 4.99 Å². The summed E-state index contributed by atoms with van der Waals surface area (Å²) in [5.41, 5.74) is 6.70. The SMILES string of the molecule is CN=C/C(=C\N)C1CC1C(=O)ON(C)C(=O)c1ccccc1C=O. The smallest absolute Gasteiger partial charge is 0.336 e. The molecule has 0 aliphatic heterocycles. The van der Waals surface area contributed by atoms with Crippen molar-refractivity contribution in [3.63, 3.8) is 0 Å². The first kappa shape index (κ1) is 17.4. The van der Waals surface area contributed by atoms with Crippen LogP contribution in [-0.4, -0.2) is 43.5 Å². The van der Waals surface area contributed by atoms with E-state index in [9.17, 15) is 14.4 Å². The maximum Gasteiger partial charge on any atom is 0.336 e. The molecule has 24 heavy (non-hydrogen) atoms. The minimum absolute atomic E-state index is 0.0445. The number of amides is 1. The lowest BCUT2D eigenvalue weighted by molar-refractivity contribution is -0.175. The lowest BCUT2D eigenvalue weighted by atomic mass is 10.1. The maximum absolute atomic E-state index is 12.3. The molecule has 0 aromatic heterocycles. The molecule has 1 aromatic rings. The van der Waals surface area contributed by atoms with Crippen LogP contribution in [0.5, 0.6) is 0 Å². The predicted molar refractivity (Wildman–Crippen MR) is 88.3 cm³/mol. The Kier molecular flexibility index (Phi) is 5.47. The molecule has 0 radical (unpaired) electrons. The summed E-state index contributed by atoms with van der Waals surface area (Å²) in [5, 5.41) is 0.847. The maximum atomic E-state index is 12.3. The fourth-order valence-corrected chi connectivity index (χ4v) is 2.44. The van der Waals surface area contributed by atoms with Gasteiger partial charge in [-0.15, -0.1) is 0 Å². The molecule has 2 N–H and O–H groups in total. The number of carbonyl (C=O) groups is 3. The van der Waals surface area contributed by atoms with Gasteiger partial charge in [-0.2, -0.15) is 5.06 Å². The number of aldehydes is 1. The van der Waals surface area contributed by atoms with Crippen LogP contribution in [0.15, 0.2) is 41.0 Å². The summed E-state index contributed by atoms with van der Waals surface area (Å²) in [6, 6.07) is 6.31. The highest BCUT2D eigenvalue weighted by molar-refractivity contribution is 6.01. The molecule has 1 amide bonds. The van der Waals surface area contributed by atoms with Crippen LogP contribution in [0.2, 0.25) is 0 Å². The van der Waals surface area contributed by atoms with E-state index in [0.717, 1.165) is 10.6 Å². The van der Waals surface area contributed by atoms with Crippen molar-refractivity contribution in [3.05, 3.63) is 47.2 Å². The van der Waals surface area contributed by atoms with Crippen molar-refractivity contribution < 1.29 is 19.2 Å². The van der Waals surface area contributed by atoms with Crippen LogP contribution in [-0.2, 0) is 9.63 Å². The normalized spacial score (nSPS) is 19.8. The highest BCUT2D eigenvalue weighted by Crippen LogP contribution is 2.44. The zero-order valence-corrected chi connectivity index (χ0v) is 13.5. The van der Waals surface area contributed by atoms with Gasteiger partial charge in [-0.05, 0) is 24.3 Å². The first-order valence-electron chi connectivity index (χ1n) is 7.41. The summed E-state index contributed by atoms with van der Waals surface area (Å²) in [6.45, 7) is 0. The Morgan fingerprint density at radius 1 is 1.33 bits per heavy atom. The van der Waals surface area contributed by atoms with Crippen molar-refractivity contribution in [2.24, 2.45) is 22.6 Å². The average Bonchev–Trinajstić information content (AvgIpc) is 3.39.